The van der Waals surface area contributed by atoms with Crippen molar-refractivity contribution in [2.45, 2.75) is 151 Å². The van der Waals surface area contributed by atoms with Crippen molar-refractivity contribution in [2.24, 2.45) is 11.8 Å². The Morgan fingerprint density at radius 3 is 1.43 bits per heavy atom. The number of hydrogen-bond acceptors (Lipinski definition) is 9. The molecule has 0 unspecified atom stereocenters. The maximum atomic E-state index is 16.6. The zero-order valence-corrected chi connectivity index (χ0v) is 53.1. The van der Waals surface area contributed by atoms with Crippen LogP contribution in [0.3, 0.4) is 0 Å². The molecule has 3 heterocycles. The van der Waals surface area contributed by atoms with Crippen molar-refractivity contribution in [1.29, 1.82) is 0 Å². The van der Waals surface area contributed by atoms with Crippen LogP contribution in [0.4, 0.5) is 39.5 Å². The molecule has 1 aliphatic heterocycles. The van der Waals surface area contributed by atoms with E-state index in [0.717, 1.165) is 27.9 Å². The lowest BCUT2D eigenvalue weighted by Gasteiger charge is -2.31. The molecule has 6 aromatic rings. The van der Waals surface area contributed by atoms with E-state index in [1.54, 1.807) is 67.5 Å². The fraction of sp³-hybridized carbons (Fsp3) is 0.441. The topological polar surface area (TPSA) is 193 Å². The van der Waals surface area contributed by atoms with Crippen LogP contribution in [0.15, 0.2) is 82.6 Å². The summed E-state index contributed by atoms with van der Waals surface area (Å²) in [5.41, 5.74) is -2.09. The fourth-order valence-electron chi connectivity index (χ4n) is 12.0. The third-order valence-electron chi connectivity index (χ3n) is 16.6. The second-order valence-corrected chi connectivity index (χ2v) is 24.8. The maximum absolute atomic E-state index is 16.6. The molecule has 1 saturated heterocycles. The molecular formula is C68H77F9N6O9. The summed E-state index contributed by atoms with van der Waals surface area (Å²) in [5, 5.41) is 26.6. The molecule has 4 aromatic carbocycles. The molecule has 0 radical (unpaired) electrons. The van der Waals surface area contributed by atoms with Gasteiger partial charge in [-0.3, -0.25) is 28.8 Å². The number of carbonyl (C=O) groups excluding carboxylic acids is 2. The van der Waals surface area contributed by atoms with Gasteiger partial charge >= 0.3 is 24.3 Å². The Morgan fingerprint density at radius 2 is 1.03 bits per heavy atom. The van der Waals surface area contributed by atoms with Crippen LogP contribution in [-0.2, 0) is 44.4 Å². The predicted molar refractivity (Wildman–Crippen MR) is 328 cm³/mol. The van der Waals surface area contributed by atoms with Crippen molar-refractivity contribution in [3.8, 4) is 28.0 Å². The van der Waals surface area contributed by atoms with Crippen LogP contribution >= 0.6 is 0 Å². The third kappa shape index (κ3) is 17.1. The van der Waals surface area contributed by atoms with E-state index in [-0.39, 0.29) is 77.8 Å². The number of hydroxylamine groups is 2. The highest BCUT2D eigenvalue weighted by Crippen LogP contribution is 2.40. The van der Waals surface area contributed by atoms with Crippen molar-refractivity contribution in [3.63, 3.8) is 0 Å². The number of carboxylic acid groups (broad SMARTS) is 2. The average molecular weight is 1290 g/mol. The Bertz CT molecular complexity index is 3870. The van der Waals surface area contributed by atoms with Gasteiger partial charge in [0.2, 0.25) is 11.8 Å². The van der Waals surface area contributed by atoms with Gasteiger partial charge in [0.15, 0.2) is 5.75 Å². The number of halogens is 9. The molecular weight excluding hydrogens is 1220 g/mol. The van der Waals surface area contributed by atoms with Gasteiger partial charge in [-0.25, -0.2) is 13.2 Å². The maximum Gasteiger partial charge on any atom is 0.416 e. The van der Waals surface area contributed by atoms with Gasteiger partial charge in [0.25, 0.3) is 11.1 Å². The minimum absolute atomic E-state index is 0.0197. The SMILES string of the molecule is Cc1cc(-c2c(C)cc(F)cc2C)cc([C@H](CC(=O)O)NC(=O)[C@H](CC(C)C)n2cc(CCN(C)Oc3ccc(C)c(-c4cc(C)c(F)c([C@H](CC(=O)O)NC(=O)[C@H](CC(C)C)n5cc(CCN6CCC6)c(C(F)(F)F)cc5=O)c4)c3C)c(C(F)(F)F)cc2=O)c1F. The van der Waals surface area contributed by atoms with Gasteiger partial charge in [0, 0.05) is 61.4 Å². The normalized spacial score (nSPS) is 14.3. The highest BCUT2D eigenvalue weighted by atomic mass is 19.4. The number of amides is 2. The van der Waals surface area contributed by atoms with Crippen molar-refractivity contribution in [2.75, 3.05) is 33.2 Å². The first-order valence-corrected chi connectivity index (χ1v) is 30.2. The van der Waals surface area contributed by atoms with Gasteiger partial charge < -0.3 is 39.7 Å². The molecule has 4 atom stereocenters. The van der Waals surface area contributed by atoms with Gasteiger partial charge in [0.05, 0.1) is 36.1 Å². The summed E-state index contributed by atoms with van der Waals surface area (Å²) >= 11 is 0. The molecule has 92 heavy (non-hydrogen) atoms. The smallest absolute Gasteiger partial charge is 0.416 e. The van der Waals surface area contributed by atoms with Gasteiger partial charge in [-0.05, 0) is 202 Å². The van der Waals surface area contributed by atoms with Crippen LogP contribution in [0.25, 0.3) is 22.3 Å². The van der Waals surface area contributed by atoms with E-state index in [1.165, 1.54) is 62.4 Å². The second-order valence-electron chi connectivity index (χ2n) is 24.8. The highest BCUT2D eigenvalue weighted by molar-refractivity contribution is 5.83. The molecule has 1 aliphatic rings. The second kappa shape index (κ2) is 29.1. The minimum atomic E-state index is -5.07. The summed E-state index contributed by atoms with van der Waals surface area (Å²) in [4.78, 5) is 89.5. The fourth-order valence-corrected chi connectivity index (χ4v) is 12.0. The number of aromatic nitrogens is 2. The van der Waals surface area contributed by atoms with Crippen LogP contribution in [0.5, 0.6) is 5.75 Å². The van der Waals surface area contributed by atoms with Gasteiger partial charge in [-0.15, -0.1) is 5.06 Å². The zero-order chi connectivity index (χ0) is 68.2. The predicted octanol–water partition coefficient (Wildman–Crippen LogP) is 13.2. The third-order valence-corrected chi connectivity index (χ3v) is 16.6. The summed E-state index contributed by atoms with van der Waals surface area (Å²) in [6.45, 7) is 17.7. The van der Waals surface area contributed by atoms with Gasteiger partial charge in [-0.2, -0.15) is 26.3 Å². The Kier molecular flexibility index (Phi) is 22.6. The first-order chi connectivity index (χ1) is 42.9. The van der Waals surface area contributed by atoms with Crippen molar-refractivity contribution >= 4 is 23.8 Å². The summed E-state index contributed by atoms with van der Waals surface area (Å²) in [7, 11) is 1.42. The first-order valence-electron chi connectivity index (χ1n) is 30.2. The standard InChI is InChI=1S/C68H77F9N6O9/c1-35(2)21-54(65(90)78-52(31-59(86)87)48-27-45(23-40(8)63(48)70)61-38(6)25-47(69)26-39(61)7)82-33-43(50(29-57(82)84)67(72,73)74)15-19-80(11)92-56-14-13-37(5)62(42(56)10)46-24-41(9)64(71)49(28-46)53(32-60(88)89)79-66(91)55(22-36(3)4)83-34-44(16-20-81-17-12-18-81)51(30-58(83)85)68(75,76)77/h13-14,23-30,33-36,52-55H,12,15-22,31-32H2,1-11H3,(H,78,90)(H,79,91)(H,86,87)(H,88,89)/t52-,53-,54-,55-/m0/s1. The number of pyridine rings is 2. The van der Waals surface area contributed by atoms with Crippen LogP contribution < -0.4 is 26.6 Å². The molecule has 0 spiro atoms. The van der Waals surface area contributed by atoms with E-state index in [4.69, 9.17) is 4.84 Å². The molecule has 24 heteroatoms. The Balaban J connectivity index is 1.17. The molecule has 496 valence electrons. The number of nitrogens with one attached hydrogen (secondary N) is 2. The van der Waals surface area contributed by atoms with E-state index in [1.807, 2.05) is 4.90 Å². The lowest BCUT2D eigenvalue weighted by atomic mass is 9.90. The van der Waals surface area contributed by atoms with Crippen LogP contribution in [0.2, 0.25) is 0 Å². The van der Waals surface area contributed by atoms with Crippen LogP contribution in [-0.4, -0.2) is 86.3 Å². The van der Waals surface area contributed by atoms with E-state index >= 15 is 8.78 Å². The van der Waals surface area contributed by atoms with E-state index in [0.29, 0.717) is 69.7 Å². The van der Waals surface area contributed by atoms with Gasteiger partial charge in [-0.1, -0.05) is 33.8 Å². The molecule has 0 aliphatic carbocycles. The number of alkyl halides is 6. The number of carboxylic acids is 2. The first kappa shape index (κ1) is 71.2. The van der Waals surface area contributed by atoms with E-state index < -0.39 is 125 Å². The number of benzene rings is 4. The lowest BCUT2D eigenvalue weighted by Crippen LogP contribution is -2.41. The molecule has 15 nitrogen and oxygen atoms in total. The average Bonchev–Trinajstić information content (AvgIpc) is 0.847. The molecule has 0 bridgehead atoms. The monoisotopic (exact) mass is 1290 g/mol. The van der Waals surface area contributed by atoms with E-state index in [2.05, 4.69) is 10.6 Å². The number of likely N-dealkylation sites (N-methyl/N-ethyl adjacent to an activating group) is 1. The number of aliphatic carboxylic acids is 2. The Labute approximate surface area is 527 Å². The molecule has 7 rings (SSSR count). The Morgan fingerprint density at radius 1 is 0.598 bits per heavy atom. The van der Waals surface area contributed by atoms with Crippen molar-refractivity contribution < 1.29 is 73.7 Å². The number of aryl methyl sites for hydroxylation is 5. The highest BCUT2D eigenvalue weighted by Gasteiger charge is 2.39. The molecule has 1 fully saturated rings. The summed E-state index contributed by atoms with van der Waals surface area (Å²) in [6.07, 6.45) is -9.57. The number of nitrogens with zero attached hydrogens (tertiary/aromatic N) is 4. The zero-order valence-electron chi connectivity index (χ0n) is 53.1. The van der Waals surface area contributed by atoms with E-state index in [9.17, 15) is 69.7 Å². The van der Waals surface area contributed by atoms with Crippen molar-refractivity contribution in [3.05, 3.63) is 178 Å². The van der Waals surface area contributed by atoms with Crippen LogP contribution in [0.1, 0.15) is 151 Å². The van der Waals surface area contributed by atoms with Crippen molar-refractivity contribution in [1.82, 2.24) is 29.7 Å². The Hall–Kier alpha value is -8.25. The molecule has 2 amide bonds. The lowest BCUT2D eigenvalue weighted by molar-refractivity contribution is -0.139. The molecule has 0 saturated carbocycles. The summed E-state index contributed by atoms with van der Waals surface area (Å²) < 4.78 is 137. The number of rotatable bonds is 26. The minimum Gasteiger partial charge on any atom is -0.481 e. The van der Waals surface area contributed by atoms with Gasteiger partial charge in [0.1, 0.15) is 29.5 Å². The number of likely N-dealkylation sites (tertiary alicyclic amines) is 1. The number of hydrogen-bond donors (Lipinski definition) is 4. The summed E-state index contributed by atoms with van der Waals surface area (Å²) in [6, 6.07) is 6.14. The molecule has 4 N–H and O–H groups in total. The molecule has 2 aromatic heterocycles. The quantitative estimate of drug-likeness (QED) is 0.0298. The van der Waals surface area contributed by atoms with Crippen LogP contribution in [0, 0.1) is 70.8 Å². The largest absolute Gasteiger partial charge is 0.481 e. The summed E-state index contributed by atoms with van der Waals surface area (Å²) in [5.74, 6) is -7.60. The number of carbonyl (C=O) groups is 4.